The molecule has 0 aliphatic rings. The summed E-state index contributed by atoms with van der Waals surface area (Å²) in [6, 6.07) is 14.9. The number of aromatic nitrogens is 1. The number of fused-ring (bicyclic) bond motifs is 1. The molecule has 0 aliphatic heterocycles. The first-order chi connectivity index (χ1) is 8.27. The molecule has 0 atom stereocenters. The molecule has 1 aromatic carbocycles. The molecule has 0 N–H and O–H groups in total. The van der Waals surface area contributed by atoms with Crippen molar-refractivity contribution in [2.24, 2.45) is 7.05 Å². The van der Waals surface area contributed by atoms with Gasteiger partial charge in [0.1, 0.15) is 11.9 Å². The van der Waals surface area contributed by atoms with Gasteiger partial charge in [0.25, 0.3) is 0 Å². The molecule has 0 bridgehead atoms. The fraction of sp³-hybridized carbons (Fsp3) is 0.133. The minimum atomic E-state index is 1.28. The summed E-state index contributed by atoms with van der Waals surface area (Å²) in [4.78, 5) is 1.37. The van der Waals surface area contributed by atoms with Gasteiger partial charge in [0.2, 0.25) is 5.69 Å². The first-order valence-corrected chi connectivity index (χ1v) is 6.52. The van der Waals surface area contributed by atoms with E-state index in [2.05, 4.69) is 67.2 Å². The van der Waals surface area contributed by atoms with Gasteiger partial charge in [-0.1, -0.05) is 18.2 Å². The Morgan fingerprint density at radius 1 is 1.00 bits per heavy atom. The summed E-state index contributed by atoms with van der Waals surface area (Å²) in [5.74, 6) is 0. The smallest absolute Gasteiger partial charge is 0.200 e. The first-order valence-electron chi connectivity index (χ1n) is 5.70. The van der Waals surface area contributed by atoms with Crippen molar-refractivity contribution in [2.45, 2.75) is 6.92 Å². The zero-order valence-electron chi connectivity index (χ0n) is 9.97. The van der Waals surface area contributed by atoms with E-state index < -0.39 is 0 Å². The maximum atomic E-state index is 2.21. The number of pyridine rings is 1. The van der Waals surface area contributed by atoms with E-state index in [-0.39, 0.29) is 0 Å². The van der Waals surface area contributed by atoms with Gasteiger partial charge in [0, 0.05) is 16.8 Å². The largest absolute Gasteiger partial charge is 0.222 e. The molecule has 2 heteroatoms. The van der Waals surface area contributed by atoms with Crippen LogP contribution in [0.1, 0.15) is 5.56 Å². The molecule has 17 heavy (non-hydrogen) atoms. The first kappa shape index (κ1) is 10.5. The van der Waals surface area contributed by atoms with E-state index in [1.54, 1.807) is 0 Å². The van der Waals surface area contributed by atoms with Gasteiger partial charge in [0.15, 0.2) is 6.20 Å². The SMILES string of the molecule is Cc1c(-c2cccc[n+]2C)sc2ccccc12. The standard InChI is InChI=1S/C15H14NS/c1-11-12-7-3-4-9-14(12)17-15(11)13-8-5-6-10-16(13)2/h3-10H,1-2H3/q+1. The Hall–Kier alpha value is -1.67. The number of thiophene rings is 1. The van der Waals surface area contributed by atoms with Crippen LogP contribution in [0.3, 0.4) is 0 Å². The van der Waals surface area contributed by atoms with Gasteiger partial charge < -0.3 is 0 Å². The van der Waals surface area contributed by atoms with Crippen molar-refractivity contribution in [1.29, 1.82) is 0 Å². The molecular weight excluding hydrogens is 226 g/mol. The molecule has 0 amide bonds. The lowest BCUT2D eigenvalue weighted by Crippen LogP contribution is -2.29. The quantitative estimate of drug-likeness (QED) is 0.571. The molecule has 2 aromatic heterocycles. The predicted molar refractivity (Wildman–Crippen MR) is 73.2 cm³/mol. The molecule has 3 aromatic rings. The molecule has 0 spiro atoms. The van der Waals surface area contributed by atoms with Crippen LogP contribution in [0.15, 0.2) is 48.7 Å². The van der Waals surface area contributed by atoms with Gasteiger partial charge in [-0.25, -0.2) is 4.57 Å². The zero-order chi connectivity index (χ0) is 11.8. The topological polar surface area (TPSA) is 3.88 Å². The van der Waals surface area contributed by atoms with Gasteiger partial charge in [0.05, 0.1) is 0 Å². The number of benzene rings is 1. The van der Waals surface area contributed by atoms with E-state index in [9.17, 15) is 0 Å². The molecule has 84 valence electrons. The molecule has 0 radical (unpaired) electrons. The van der Waals surface area contributed by atoms with Crippen LogP contribution in [0.5, 0.6) is 0 Å². The Labute approximate surface area is 105 Å². The second-order valence-electron chi connectivity index (χ2n) is 4.25. The van der Waals surface area contributed by atoms with E-state index in [0.29, 0.717) is 0 Å². The van der Waals surface area contributed by atoms with Crippen LogP contribution in [0, 0.1) is 6.92 Å². The second-order valence-corrected chi connectivity index (χ2v) is 5.30. The Morgan fingerprint density at radius 2 is 1.76 bits per heavy atom. The van der Waals surface area contributed by atoms with Crippen LogP contribution in [0.25, 0.3) is 20.7 Å². The molecule has 0 unspecified atom stereocenters. The van der Waals surface area contributed by atoms with Crippen molar-refractivity contribution in [3.8, 4) is 10.6 Å². The van der Waals surface area contributed by atoms with E-state index in [0.717, 1.165) is 0 Å². The third-order valence-corrected chi connectivity index (χ3v) is 4.43. The van der Waals surface area contributed by atoms with E-state index in [1.807, 2.05) is 11.3 Å². The normalized spacial score (nSPS) is 10.9. The number of rotatable bonds is 1. The molecular formula is C15H14NS+. The van der Waals surface area contributed by atoms with E-state index >= 15 is 0 Å². The van der Waals surface area contributed by atoms with Crippen LogP contribution >= 0.6 is 11.3 Å². The number of nitrogens with zero attached hydrogens (tertiary/aromatic N) is 1. The Kier molecular flexibility index (Phi) is 2.45. The highest BCUT2D eigenvalue weighted by Gasteiger charge is 2.16. The third-order valence-electron chi connectivity index (χ3n) is 3.13. The lowest BCUT2D eigenvalue weighted by molar-refractivity contribution is -0.660. The van der Waals surface area contributed by atoms with E-state index in [4.69, 9.17) is 0 Å². The molecule has 0 saturated heterocycles. The summed E-state index contributed by atoms with van der Waals surface area (Å²) in [7, 11) is 2.10. The van der Waals surface area contributed by atoms with Crippen molar-refractivity contribution in [1.82, 2.24) is 0 Å². The van der Waals surface area contributed by atoms with Gasteiger partial charge in [-0.15, -0.1) is 11.3 Å². The predicted octanol–water partition coefficient (Wildman–Crippen LogP) is 3.70. The molecule has 0 fully saturated rings. The Morgan fingerprint density at radius 3 is 2.53 bits per heavy atom. The lowest BCUT2D eigenvalue weighted by atomic mass is 10.1. The number of hydrogen-bond donors (Lipinski definition) is 0. The van der Waals surface area contributed by atoms with Crippen LogP contribution in [-0.4, -0.2) is 0 Å². The van der Waals surface area contributed by atoms with Crippen molar-refractivity contribution in [3.05, 3.63) is 54.2 Å². The maximum Gasteiger partial charge on any atom is 0.222 e. The Bertz CT molecular complexity index is 682. The van der Waals surface area contributed by atoms with Crippen molar-refractivity contribution in [3.63, 3.8) is 0 Å². The maximum absolute atomic E-state index is 2.21. The summed E-state index contributed by atoms with van der Waals surface area (Å²) < 4.78 is 3.54. The summed E-state index contributed by atoms with van der Waals surface area (Å²) in [6.45, 7) is 2.21. The highest BCUT2D eigenvalue weighted by atomic mass is 32.1. The summed E-state index contributed by atoms with van der Waals surface area (Å²) in [5.41, 5.74) is 2.67. The van der Waals surface area contributed by atoms with Crippen molar-refractivity contribution < 1.29 is 4.57 Å². The highest BCUT2D eigenvalue weighted by molar-refractivity contribution is 7.22. The van der Waals surface area contributed by atoms with Crippen LogP contribution in [-0.2, 0) is 7.05 Å². The molecule has 0 aliphatic carbocycles. The fourth-order valence-corrected chi connectivity index (χ4v) is 3.46. The van der Waals surface area contributed by atoms with Gasteiger partial charge in [-0.2, -0.15) is 0 Å². The van der Waals surface area contributed by atoms with Crippen LogP contribution in [0.2, 0.25) is 0 Å². The van der Waals surface area contributed by atoms with Gasteiger partial charge in [-0.05, 0) is 30.0 Å². The van der Waals surface area contributed by atoms with Crippen molar-refractivity contribution >= 4 is 21.4 Å². The second kappa shape index (κ2) is 3.97. The van der Waals surface area contributed by atoms with Crippen LogP contribution < -0.4 is 4.57 Å². The zero-order valence-corrected chi connectivity index (χ0v) is 10.8. The minimum absolute atomic E-state index is 1.28. The molecule has 3 rings (SSSR count). The minimum Gasteiger partial charge on any atom is -0.200 e. The van der Waals surface area contributed by atoms with Crippen LogP contribution in [0.4, 0.5) is 0 Å². The van der Waals surface area contributed by atoms with E-state index in [1.165, 1.54) is 26.2 Å². The fourth-order valence-electron chi connectivity index (χ4n) is 2.18. The average Bonchev–Trinajstić information content (AvgIpc) is 2.68. The van der Waals surface area contributed by atoms with Crippen molar-refractivity contribution in [2.75, 3.05) is 0 Å². The third kappa shape index (κ3) is 1.65. The molecule has 0 saturated carbocycles. The van der Waals surface area contributed by atoms with Gasteiger partial charge >= 0.3 is 0 Å². The average molecular weight is 240 g/mol. The number of aryl methyl sites for hydroxylation is 2. The van der Waals surface area contributed by atoms with Gasteiger partial charge in [-0.3, -0.25) is 0 Å². The number of hydrogen-bond acceptors (Lipinski definition) is 1. The molecule has 1 nitrogen and oxygen atoms in total. The summed E-state index contributed by atoms with van der Waals surface area (Å²) in [5, 5.41) is 1.37. The Balaban J connectivity index is 2.32. The molecule has 2 heterocycles. The lowest BCUT2D eigenvalue weighted by Gasteiger charge is -1.97. The summed E-state index contributed by atoms with van der Waals surface area (Å²) in [6.07, 6.45) is 2.10. The monoisotopic (exact) mass is 240 g/mol. The summed E-state index contributed by atoms with van der Waals surface area (Å²) >= 11 is 1.87. The highest BCUT2D eigenvalue weighted by Crippen LogP contribution is 2.36.